The highest BCUT2D eigenvalue weighted by Crippen LogP contribution is 2.36. The highest BCUT2D eigenvalue weighted by molar-refractivity contribution is 6.05. The van der Waals surface area contributed by atoms with Crippen LogP contribution in [0.4, 0.5) is 8.78 Å². The fourth-order valence-corrected chi connectivity index (χ4v) is 5.74. The first-order valence-electron chi connectivity index (χ1n) is 14.4. The molecule has 1 aromatic heterocycles. The Labute approximate surface area is 235 Å². The molecule has 1 aliphatic heterocycles. The average Bonchev–Trinajstić information content (AvgIpc) is 3.22. The lowest BCUT2D eigenvalue weighted by molar-refractivity contribution is -0.123. The van der Waals surface area contributed by atoms with Crippen molar-refractivity contribution in [3.8, 4) is 0 Å². The molecule has 0 bridgehead atoms. The van der Waals surface area contributed by atoms with Crippen LogP contribution in [0.25, 0.3) is 0 Å². The van der Waals surface area contributed by atoms with Gasteiger partial charge in [-0.25, -0.2) is 8.78 Å². The minimum absolute atomic E-state index is 0.0443. The minimum atomic E-state index is -2.55. The van der Waals surface area contributed by atoms with Crippen LogP contribution in [0.1, 0.15) is 103 Å². The van der Waals surface area contributed by atoms with Crippen LogP contribution >= 0.6 is 0 Å². The van der Waals surface area contributed by atoms with Gasteiger partial charge in [0.15, 0.2) is 5.78 Å². The molecule has 1 aliphatic carbocycles. The van der Waals surface area contributed by atoms with Gasteiger partial charge < -0.3 is 15.6 Å². The van der Waals surface area contributed by atoms with E-state index in [-0.39, 0.29) is 35.9 Å². The van der Waals surface area contributed by atoms with Crippen LogP contribution in [0.2, 0.25) is 0 Å². The Hall–Kier alpha value is -3.07. The molecule has 40 heavy (non-hydrogen) atoms. The molecular formula is C31H42F2N4O3. The molecule has 1 atom stereocenters. The van der Waals surface area contributed by atoms with Crippen molar-refractivity contribution in [2.45, 2.75) is 97.7 Å². The van der Waals surface area contributed by atoms with Gasteiger partial charge in [0.05, 0.1) is 0 Å². The second-order valence-electron chi connectivity index (χ2n) is 12.3. The second kappa shape index (κ2) is 12.2. The van der Waals surface area contributed by atoms with Gasteiger partial charge in [0.1, 0.15) is 11.7 Å². The highest BCUT2D eigenvalue weighted by Gasteiger charge is 2.36. The number of rotatable bonds is 10. The van der Waals surface area contributed by atoms with E-state index in [1.165, 1.54) is 0 Å². The van der Waals surface area contributed by atoms with Crippen molar-refractivity contribution in [2.75, 3.05) is 13.1 Å². The van der Waals surface area contributed by atoms with Gasteiger partial charge in [0.2, 0.25) is 5.91 Å². The smallest absolute Gasteiger partial charge is 0.268 e. The summed E-state index contributed by atoms with van der Waals surface area (Å²) in [5.41, 5.74) is 4.18. The molecule has 1 fully saturated rings. The van der Waals surface area contributed by atoms with Gasteiger partial charge in [-0.1, -0.05) is 57.9 Å². The number of aromatic nitrogens is 1. The molecule has 1 saturated heterocycles. The number of halogens is 2. The zero-order chi connectivity index (χ0) is 29.1. The van der Waals surface area contributed by atoms with Gasteiger partial charge in [0.25, 0.3) is 11.8 Å². The number of amides is 2. The Morgan fingerprint density at radius 2 is 1.73 bits per heavy atom. The standard InChI is InChI=1S/C31H42F2N4O3/c1-5-6-7-23(36-29(40)27-20(2)26-24(35-27)16-30(3,4)17-25(26)38)28(39)34-18-21-8-10-22(11-9-21)19-37-14-12-31(32,33)13-15-37/h8-11,23,35H,5-7,12-19H2,1-4H3,(H,34,39)(H,36,40). The van der Waals surface area contributed by atoms with Gasteiger partial charge in [-0.05, 0) is 41.9 Å². The van der Waals surface area contributed by atoms with E-state index in [0.29, 0.717) is 62.3 Å². The lowest BCUT2D eigenvalue weighted by Gasteiger charge is -2.31. The number of benzene rings is 1. The molecule has 0 saturated carbocycles. The van der Waals surface area contributed by atoms with Crippen molar-refractivity contribution in [3.05, 3.63) is 57.9 Å². The SMILES string of the molecule is CCCCC(NC(=O)c1[nH]c2c(c1C)C(=O)CC(C)(C)C2)C(=O)NCc1ccc(CN2CCC(F)(F)CC2)cc1. The summed E-state index contributed by atoms with van der Waals surface area (Å²) in [6.07, 6.45) is 3.10. The lowest BCUT2D eigenvalue weighted by Crippen LogP contribution is -2.46. The number of ketones is 1. The highest BCUT2D eigenvalue weighted by atomic mass is 19.3. The molecule has 0 radical (unpaired) electrons. The number of unbranched alkanes of at least 4 members (excludes halogenated alkanes) is 1. The molecular weight excluding hydrogens is 514 g/mol. The average molecular weight is 557 g/mol. The molecule has 2 heterocycles. The molecule has 0 spiro atoms. The number of likely N-dealkylation sites (tertiary alicyclic amines) is 1. The largest absolute Gasteiger partial charge is 0.354 e. The molecule has 2 aromatic rings. The molecule has 9 heteroatoms. The van der Waals surface area contributed by atoms with Gasteiger partial charge in [-0.3, -0.25) is 19.3 Å². The fraction of sp³-hybridized carbons (Fsp3) is 0.581. The van der Waals surface area contributed by atoms with E-state index in [2.05, 4.69) is 15.6 Å². The predicted molar refractivity (Wildman–Crippen MR) is 150 cm³/mol. The summed E-state index contributed by atoms with van der Waals surface area (Å²) in [4.78, 5) is 44.4. The van der Waals surface area contributed by atoms with E-state index in [4.69, 9.17) is 0 Å². The Kier molecular flexibility index (Phi) is 9.12. The number of hydrogen-bond donors (Lipinski definition) is 3. The summed E-state index contributed by atoms with van der Waals surface area (Å²) < 4.78 is 26.8. The van der Waals surface area contributed by atoms with Gasteiger partial charge in [-0.2, -0.15) is 0 Å². The van der Waals surface area contributed by atoms with Crippen LogP contribution < -0.4 is 10.6 Å². The maximum absolute atomic E-state index is 13.4. The summed E-state index contributed by atoms with van der Waals surface area (Å²) in [5.74, 6) is -3.15. The number of nitrogens with one attached hydrogen (secondary N) is 3. The van der Waals surface area contributed by atoms with Gasteiger partial charge in [0, 0.05) is 56.7 Å². The zero-order valence-electron chi connectivity index (χ0n) is 24.1. The van der Waals surface area contributed by atoms with E-state index in [0.717, 1.165) is 29.7 Å². The number of alkyl halides is 2. The summed E-state index contributed by atoms with van der Waals surface area (Å²) in [7, 11) is 0. The summed E-state index contributed by atoms with van der Waals surface area (Å²) in [6, 6.07) is 7.08. The summed E-state index contributed by atoms with van der Waals surface area (Å²) in [5, 5.41) is 5.84. The number of piperidine rings is 1. The topological polar surface area (TPSA) is 94.3 Å². The van der Waals surface area contributed by atoms with Crippen LogP contribution in [0.15, 0.2) is 24.3 Å². The van der Waals surface area contributed by atoms with E-state index in [1.807, 2.05) is 49.9 Å². The van der Waals surface area contributed by atoms with E-state index in [1.54, 1.807) is 6.92 Å². The third kappa shape index (κ3) is 7.36. The summed E-state index contributed by atoms with van der Waals surface area (Å²) in [6.45, 7) is 9.60. The normalized spacial score (nSPS) is 19.1. The maximum atomic E-state index is 13.4. The summed E-state index contributed by atoms with van der Waals surface area (Å²) >= 11 is 0. The van der Waals surface area contributed by atoms with Gasteiger partial charge in [-0.15, -0.1) is 0 Å². The third-order valence-electron chi connectivity index (χ3n) is 8.08. The fourth-order valence-electron chi connectivity index (χ4n) is 5.74. The molecule has 2 amide bonds. The van der Waals surface area contributed by atoms with Crippen LogP contribution in [0.3, 0.4) is 0 Å². The van der Waals surface area contributed by atoms with Crippen molar-refractivity contribution in [1.82, 2.24) is 20.5 Å². The molecule has 7 nitrogen and oxygen atoms in total. The first kappa shape index (κ1) is 29.9. The molecule has 218 valence electrons. The first-order chi connectivity index (χ1) is 18.9. The van der Waals surface area contributed by atoms with E-state index in [9.17, 15) is 23.2 Å². The van der Waals surface area contributed by atoms with Crippen molar-refractivity contribution >= 4 is 17.6 Å². The van der Waals surface area contributed by atoms with Crippen LogP contribution in [0, 0.1) is 12.3 Å². The molecule has 2 aliphatic rings. The lowest BCUT2D eigenvalue weighted by atomic mass is 9.75. The predicted octanol–water partition coefficient (Wildman–Crippen LogP) is 5.31. The number of nitrogens with zero attached hydrogens (tertiary/aromatic N) is 1. The second-order valence-corrected chi connectivity index (χ2v) is 12.3. The number of carbonyl (C=O) groups excluding carboxylic acids is 3. The van der Waals surface area contributed by atoms with Crippen molar-refractivity contribution in [2.24, 2.45) is 5.41 Å². The molecule has 1 unspecified atom stereocenters. The number of H-pyrrole nitrogens is 1. The third-order valence-corrected chi connectivity index (χ3v) is 8.08. The van der Waals surface area contributed by atoms with E-state index < -0.39 is 12.0 Å². The van der Waals surface area contributed by atoms with Crippen molar-refractivity contribution in [3.63, 3.8) is 0 Å². The van der Waals surface area contributed by atoms with Crippen molar-refractivity contribution < 1.29 is 23.2 Å². The van der Waals surface area contributed by atoms with Crippen LogP contribution in [0.5, 0.6) is 0 Å². The number of aromatic amines is 1. The van der Waals surface area contributed by atoms with Crippen LogP contribution in [-0.4, -0.2) is 52.5 Å². The maximum Gasteiger partial charge on any atom is 0.268 e. The van der Waals surface area contributed by atoms with Gasteiger partial charge >= 0.3 is 0 Å². The number of carbonyl (C=O) groups is 3. The Morgan fingerprint density at radius 1 is 1.07 bits per heavy atom. The van der Waals surface area contributed by atoms with E-state index >= 15 is 0 Å². The quantitative estimate of drug-likeness (QED) is 0.370. The number of Topliss-reactive ketones (excluding diaryl/α,β-unsaturated/α-hetero) is 1. The number of fused-ring (bicyclic) bond motifs is 1. The monoisotopic (exact) mass is 556 g/mol. The molecule has 4 rings (SSSR count). The Morgan fingerprint density at radius 3 is 2.38 bits per heavy atom. The molecule has 3 N–H and O–H groups in total. The number of hydrogen-bond acceptors (Lipinski definition) is 4. The Bertz CT molecular complexity index is 1230. The van der Waals surface area contributed by atoms with Crippen molar-refractivity contribution in [1.29, 1.82) is 0 Å². The zero-order valence-corrected chi connectivity index (χ0v) is 24.1. The van der Waals surface area contributed by atoms with Crippen LogP contribution in [-0.2, 0) is 24.3 Å². The Balaban J connectivity index is 1.35. The first-order valence-corrected chi connectivity index (χ1v) is 14.4. The minimum Gasteiger partial charge on any atom is -0.354 e. The molecule has 1 aromatic carbocycles.